The lowest BCUT2D eigenvalue weighted by atomic mass is 9.75. The highest BCUT2D eigenvalue weighted by Gasteiger charge is 2.34. The summed E-state index contributed by atoms with van der Waals surface area (Å²) < 4.78 is 41.5. The molecule has 0 aliphatic heterocycles. The molecule has 6 heteroatoms. The predicted molar refractivity (Wildman–Crippen MR) is 113 cm³/mol. The minimum Gasteiger partial charge on any atom is -0.366 e. The number of carbonyl (C=O) groups excluding carboxylic acids is 1. The van der Waals surface area contributed by atoms with E-state index in [2.05, 4.69) is 19.2 Å². The van der Waals surface area contributed by atoms with Crippen LogP contribution in [0.5, 0.6) is 0 Å². The Balaban J connectivity index is 1.87. The van der Waals surface area contributed by atoms with Gasteiger partial charge in [0.2, 0.25) is 5.91 Å². The van der Waals surface area contributed by atoms with E-state index in [-0.39, 0.29) is 18.2 Å². The molecule has 2 aromatic rings. The number of benzene rings is 2. The van der Waals surface area contributed by atoms with Crippen LogP contribution in [0.3, 0.4) is 0 Å². The molecule has 162 valence electrons. The summed E-state index contributed by atoms with van der Waals surface area (Å²) in [5.74, 6) is -0.595. The molecular formula is C24H29F3N2O. The van der Waals surface area contributed by atoms with E-state index in [9.17, 15) is 18.0 Å². The van der Waals surface area contributed by atoms with Crippen LogP contribution in [0.15, 0.2) is 36.4 Å². The second-order valence-electron chi connectivity index (χ2n) is 9.03. The zero-order valence-electron chi connectivity index (χ0n) is 17.7. The smallest absolute Gasteiger partial charge is 0.366 e. The van der Waals surface area contributed by atoms with Crippen molar-refractivity contribution in [2.45, 2.75) is 65.2 Å². The van der Waals surface area contributed by atoms with Gasteiger partial charge in [-0.2, -0.15) is 13.2 Å². The van der Waals surface area contributed by atoms with E-state index in [0.29, 0.717) is 27.7 Å². The third kappa shape index (κ3) is 5.04. The van der Waals surface area contributed by atoms with Gasteiger partial charge in [0.1, 0.15) is 0 Å². The van der Waals surface area contributed by atoms with Crippen molar-refractivity contribution in [3.63, 3.8) is 0 Å². The highest BCUT2D eigenvalue weighted by molar-refractivity contribution is 5.96. The number of nitrogens with two attached hydrogens (primary N) is 1. The van der Waals surface area contributed by atoms with Gasteiger partial charge in [-0.3, -0.25) is 4.79 Å². The average Bonchev–Trinajstić information content (AvgIpc) is 2.66. The molecule has 30 heavy (non-hydrogen) atoms. The number of primary amides is 1. The molecule has 1 amide bonds. The Bertz CT molecular complexity index is 925. The molecule has 2 aromatic carbocycles. The maximum absolute atomic E-state index is 13.8. The van der Waals surface area contributed by atoms with Gasteiger partial charge in [-0.25, -0.2) is 0 Å². The van der Waals surface area contributed by atoms with Gasteiger partial charge in [0.25, 0.3) is 0 Å². The van der Waals surface area contributed by atoms with Crippen molar-refractivity contribution in [1.29, 1.82) is 0 Å². The van der Waals surface area contributed by atoms with Crippen LogP contribution >= 0.6 is 0 Å². The zero-order valence-corrected chi connectivity index (χ0v) is 17.7. The maximum Gasteiger partial charge on any atom is 0.416 e. The van der Waals surface area contributed by atoms with E-state index >= 15 is 0 Å². The van der Waals surface area contributed by atoms with E-state index in [1.807, 2.05) is 0 Å². The summed E-state index contributed by atoms with van der Waals surface area (Å²) in [4.78, 5) is 11.6. The second-order valence-corrected chi connectivity index (χ2v) is 9.03. The Hall–Kier alpha value is -2.34. The number of amides is 1. The molecular weight excluding hydrogens is 389 g/mol. The van der Waals surface area contributed by atoms with Gasteiger partial charge in [-0.15, -0.1) is 0 Å². The van der Waals surface area contributed by atoms with E-state index in [4.69, 9.17) is 5.73 Å². The Morgan fingerprint density at radius 1 is 1.17 bits per heavy atom. The number of rotatable bonds is 5. The van der Waals surface area contributed by atoms with E-state index in [0.717, 1.165) is 25.7 Å². The molecule has 1 fully saturated rings. The lowest BCUT2D eigenvalue weighted by Gasteiger charge is -2.34. The van der Waals surface area contributed by atoms with Crippen molar-refractivity contribution < 1.29 is 18.0 Å². The van der Waals surface area contributed by atoms with Gasteiger partial charge in [-0.05, 0) is 72.4 Å². The van der Waals surface area contributed by atoms with E-state index in [1.54, 1.807) is 31.2 Å². The first-order valence-corrected chi connectivity index (χ1v) is 10.3. The minimum absolute atomic E-state index is 0.181. The summed E-state index contributed by atoms with van der Waals surface area (Å²) in [6.45, 7) is 6.35. The lowest BCUT2D eigenvalue weighted by Crippen LogP contribution is -2.35. The molecule has 0 saturated heterocycles. The fraction of sp³-hybridized carbons (Fsp3) is 0.458. The SMILES string of the molecule is Cc1c(C(N)=O)cccc1-c1ccc(CNC2CCC(C)(C)CC2)c(C(F)(F)F)c1. The number of hydrogen-bond donors (Lipinski definition) is 2. The second kappa shape index (κ2) is 8.42. The van der Waals surface area contributed by atoms with Crippen molar-refractivity contribution in [3.05, 3.63) is 58.7 Å². The first-order valence-electron chi connectivity index (χ1n) is 10.3. The minimum atomic E-state index is -4.46. The molecule has 1 saturated carbocycles. The van der Waals surface area contributed by atoms with Crippen LogP contribution in [0.1, 0.15) is 66.6 Å². The van der Waals surface area contributed by atoms with Crippen LogP contribution in [0, 0.1) is 12.3 Å². The molecule has 0 spiro atoms. The molecule has 0 radical (unpaired) electrons. The highest BCUT2D eigenvalue weighted by atomic mass is 19.4. The molecule has 0 bridgehead atoms. The molecule has 3 nitrogen and oxygen atoms in total. The van der Waals surface area contributed by atoms with Crippen molar-refractivity contribution in [3.8, 4) is 11.1 Å². The fourth-order valence-corrected chi connectivity index (χ4v) is 4.24. The van der Waals surface area contributed by atoms with Crippen LogP contribution in [0.4, 0.5) is 13.2 Å². The van der Waals surface area contributed by atoms with E-state index < -0.39 is 17.6 Å². The largest absolute Gasteiger partial charge is 0.416 e. The molecule has 0 aromatic heterocycles. The molecule has 1 aliphatic rings. The first-order chi connectivity index (χ1) is 14.0. The third-order valence-electron chi connectivity index (χ3n) is 6.25. The maximum atomic E-state index is 13.8. The zero-order chi connectivity index (χ0) is 22.1. The van der Waals surface area contributed by atoms with Crippen LogP contribution in [0.25, 0.3) is 11.1 Å². The monoisotopic (exact) mass is 418 g/mol. The van der Waals surface area contributed by atoms with Crippen molar-refractivity contribution >= 4 is 5.91 Å². The van der Waals surface area contributed by atoms with Gasteiger partial charge >= 0.3 is 6.18 Å². The van der Waals surface area contributed by atoms with Crippen LogP contribution in [0.2, 0.25) is 0 Å². The van der Waals surface area contributed by atoms with Crippen LogP contribution in [-0.2, 0) is 12.7 Å². The molecule has 3 N–H and O–H groups in total. The standard InChI is InChI=1S/C24H29F3N2O/c1-15-19(5-4-6-20(15)22(28)30)16-7-8-17(21(13-16)24(25,26)27)14-29-18-9-11-23(2,3)12-10-18/h4-8,13,18,29H,9-12,14H2,1-3H3,(H2,28,30). The van der Waals surface area contributed by atoms with Gasteiger partial charge < -0.3 is 11.1 Å². The number of carbonyl (C=O) groups is 1. The number of alkyl halides is 3. The topological polar surface area (TPSA) is 55.1 Å². The summed E-state index contributed by atoms with van der Waals surface area (Å²) >= 11 is 0. The van der Waals surface area contributed by atoms with Crippen molar-refractivity contribution in [2.75, 3.05) is 0 Å². The summed E-state index contributed by atoms with van der Waals surface area (Å²) in [6, 6.07) is 9.56. The highest BCUT2D eigenvalue weighted by Crippen LogP contribution is 2.37. The summed E-state index contributed by atoms with van der Waals surface area (Å²) in [5, 5.41) is 3.32. The normalized spacial score (nSPS) is 17.1. The molecule has 0 atom stereocenters. The fourth-order valence-electron chi connectivity index (χ4n) is 4.24. The average molecular weight is 419 g/mol. The Labute approximate surface area is 175 Å². The molecule has 3 rings (SSSR count). The predicted octanol–water partition coefficient (Wildman–Crippen LogP) is 5.84. The van der Waals surface area contributed by atoms with E-state index in [1.165, 1.54) is 12.1 Å². The van der Waals surface area contributed by atoms with Gasteiger partial charge in [0, 0.05) is 18.2 Å². The van der Waals surface area contributed by atoms with Gasteiger partial charge in [0.15, 0.2) is 0 Å². The van der Waals surface area contributed by atoms with Crippen molar-refractivity contribution in [1.82, 2.24) is 5.32 Å². The summed E-state index contributed by atoms with van der Waals surface area (Å²) in [7, 11) is 0. The Kier molecular flexibility index (Phi) is 6.27. The molecule has 1 aliphatic carbocycles. The molecule has 0 unspecified atom stereocenters. The van der Waals surface area contributed by atoms with Crippen LogP contribution < -0.4 is 11.1 Å². The number of hydrogen-bond acceptors (Lipinski definition) is 2. The first kappa shape index (κ1) is 22.3. The number of nitrogens with one attached hydrogen (secondary N) is 1. The quantitative estimate of drug-likeness (QED) is 0.641. The summed E-state index contributed by atoms with van der Waals surface area (Å²) in [5.41, 5.74) is 7.18. The third-order valence-corrected chi connectivity index (χ3v) is 6.25. The van der Waals surface area contributed by atoms with Gasteiger partial charge in [0.05, 0.1) is 5.56 Å². The van der Waals surface area contributed by atoms with Crippen LogP contribution in [-0.4, -0.2) is 11.9 Å². The number of halogens is 3. The molecule has 0 heterocycles. The van der Waals surface area contributed by atoms with Gasteiger partial charge in [-0.1, -0.05) is 38.1 Å². The Morgan fingerprint density at radius 3 is 2.43 bits per heavy atom. The lowest BCUT2D eigenvalue weighted by molar-refractivity contribution is -0.138. The summed E-state index contributed by atoms with van der Waals surface area (Å²) in [6.07, 6.45) is -0.357. The Morgan fingerprint density at radius 2 is 1.83 bits per heavy atom. The van der Waals surface area contributed by atoms with Crippen molar-refractivity contribution in [2.24, 2.45) is 11.1 Å².